The second kappa shape index (κ2) is 8.73. The van der Waals surface area contributed by atoms with E-state index in [2.05, 4.69) is 74.7 Å². The molecule has 5 nitrogen and oxygen atoms in total. The fraction of sp³-hybridized carbons (Fsp3) is 0.240. The molecule has 1 unspecified atom stereocenters. The molecule has 3 aromatic rings. The first kappa shape index (κ1) is 20.1. The van der Waals surface area contributed by atoms with Crippen LogP contribution in [-0.4, -0.2) is 37.1 Å². The molecule has 2 aliphatic rings. The number of benzene rings is 3. The Hall–Kier alpha value is -2.83. The zero-order valence-electron chi connectivity index (χ0n) is 17.0. The van der Waals surface area contributed by atoms with E-state index in [9.17, 15) is 4.79 Å². The van der Waals surface area contributed by atoms with Crippen molar-refractivity contribution in [1.82, 2.24) is 4.90 Å². The highest BCUT2D eigenvalue weighted by Crippen LogP contribution is 2.38. The molecule has 5 rings (SSSR count). The maximum Gasteiger partial charge on any atom is 0.238 e. The first-order valence-electron chi connectivity index (χ1n) is 10.4. The first-order chi connectivity index (χ1) is 15.2. The van der Waals surface area contributed by atoms with Crippen LogP contribution in [0.15, 0.2) is 71.2 Å². The number of rotatable bonds is 4. The van der Waals surface area contributed by atoms with Crippen molar-refractivity contribution in [1.29, 1.82) is 0 Å². The van der Waals surface area contributed by atoms with E-state index in [4.69, 9.17) is 9.47 Å². The molecular weight excluding hydrogens is 456 g/mol. The van der Waals surface area contributed by atoms with E-state index in [0.29, 0.717) is 36.9 Å². The van der Waals surface area contributed by atoms with Gasteiger partial charge in [-0.3, -0.25) is 9.69 Å². The molecule has 1 N–H and O–H groups in total. The molecule has 0 bridgehead atoms. The van der Waals surface area contributed by atoms with E-state index >= 15 is 0 Å². The van der Waals surface area contributed by atoms with Gasteiger partial charge in [-0.1, -0.05) is 54.6 Å². The quantitative estimate of drug-likeness (QED) is 0.584. The van der Waals surface area contributed by atoms with Crippen molar-refractivity contribution < 1.29 is 14.3 Å². The average molecular weight is 479 g/mol. The zero-order chi connectivity index (χ0) is 21.2. The lowest BCUT2D eigenvalue weighted by Gasteiger charge is -2.34. The van der Waals surface area contributed by atoms with Crippen molar-refractivity contribution in [3.05, 3.63) is 87.9 Å². The smallest absolute Gasteiger partial charge is 0.238 e. The van der Waals surface area contributed by atoms with Gasteiger partial charge in [-0.05, 0) is 32.6 Å². The van der Waals surface area contributed by atoms with Crippen molar-refractivity contribution >= 4 is 27.5 Å². The van der Waals surface area contributed by atoms with Gasteiger partial charge in [-0.25, -0.2) is 0 Å². The van der Waals surface area contributed by atoms with E-state index in [1.54, 1.807) is 0 Å². The fourth-order valence-corrected chi connectivity index (χ4v) is 4.74. The van der Waals surface area contributed by atoms with E-state index in [1.807, 2.05) is 18.2 Å². The first-order valence-corrected chi connectivity index (χ1v) is 11.2. The molecule has 0 spiro atoms. The van der Waals surface area contributed by atoms with Crippen molar-refractivity contribution in [3.8, 4) is 11.5 Å². The minimum absolute atomic E-state index is 0.0522. The van der Waals surface area contributed by atoms with Crippen LogP contribution < -0.4 is 14.8 Å². The van der Waals surface area contributed by atoms with Crippen molar-refractivity contribution in [2.75, 3.05) is 31.6 Å². The molecule has 0 saturated carbocycles. The summed E-state index contributed by atoms with van der Waals surface area (Å²) in [4.78, 5) is 15.1. The lowest BCUT2D eigenvalue weighted by molar-refractivity contribution is -0.117. The Morgan fingerprint density at radius 1 is 1.00 bits per heavy atom. The number of halogens is 1. The van der Waals surface area contributed by atoms with Crippen LogP contribution in [0.3, 0.4) is 0 Å². The minimum Gasteiger partial charge on any atom is -0.486 e. The second-order valence-corrected chi connectivity index (χ2v) is 8.71. The molecule has 0 saturated heterocycles. The van der Waals surface area contributed by atoms with Crippen LogP contribution in [0.5, 0.6) is 11.5 Å². The van der Waals surface area contributed by atoms with Gasteiger partial charge in [0.15, 0.2) is 11.5 Å². The van der Waals surface area contributed by atoms with Crippen LogP contribution >= 0.6 is 15.9 Å². The number of anilines is 1. The van der Waals surface area contributed by atoms with Gasteiger partial charge >= 0.3 is 0 Å². The highest BCUT2D eigenvalue weighted by molar-refractivity contribution is 9.10. The Morgan fingerprint density at radius 2 is 1.71 bits per heavy atom. The summed E-state index contributed by atoms with van der Waals surface area (Å²) in [6.45, 7) is 2.92. The van der Waals surface area contributed by atoms with Gasteiger partial charge < -0.3 is 14.8 Å². The van der Waals surface area contributed by atoms with Gasteiger partial charge in [-0.2, -0.15) is 0 Å². The van der Waals surface area contributed by atoms with Gasteiger partial charge in [-0.15, -0.1) is 0 Å². The largest absolute Gasteiger partial charge is 0.486 e. The van der Waals surface area contributed by atoms with Gasteiger partial charge in [0, 0.05) is 35.6 Å². The topological polar surface area (TPSA) is 50.8 Å². The van der Waals surface area contributed by atoms with Crippen molar-refractivity contribution in [2.24, 2.45) is 0 Å². The molecule has 0 aliphatic carbocycles. The molecule has 1 amide bonds. The molecule has 6 heteroatoms. The Kier molecular flexibility index (Phi) is 5.66. The molecule has 2 heterocycles. The van der Waals surface area contributed by atoms with Crippen LogP contribution in [0.2, 0.25) is 0 Å². The summed E-state index contributed by atoms with van der Waals surface area (Å²) in [7, 11) is 0. The molecular formula is C25H23BrN2O3. The molecule has 2 aliphatic heterocycles. The summed E-state index contributed by atoms with van der Waals surface area (Å²) in [6, 6.07) is 22.7. The minimum atomic E-state index is -0.0522. The Balaban J connectivity index is 1.33. The van der Waals surface area contributed by atoms with Crippen molar-refractivity contribution in [2.45, 2.75) is 12.5 Å². The molecule has 158 valence electrons. The van der Waals surface area contributed by atoms with Crippen LogP contribution in [0.1, 0.15) is 22.6 Å². The summed E-state index contributed by atoms with van der Waals surface area (Å²) in [5.41, 5.74) is 4.58. The summed E-state index contributed by atoms with van der Waals surface area (Å²) in [5, 5.41) is 3.02. The van der Waals surface area contributed by atoms with Crippen LogP contribution in [0.25, 0.3) is 0 Å². The molecule has 0 radical (unpaired) electrons. The van der Waals surface area contributed by atoms with Gasteiger partial charge in [0.25, 0.3) is 0 Å². The van der Waals surface area contributed by atoms with Crippen LogP contribution in [0.4, 0.5) is 5.69 Å². The predicted octanol–water partition coefficient (Wildman–Crippen LogP) is 4.81. The molecule has 0 aromatic heterocycles. The highest BCUT2D eigenvalue weighted by Gasteiger charge is 2.27. The Labute approximate surface area is 190 Å². The van der Waals surface area contributed by atoms with E-state index in [0.717, 1.165) is 17.6 Å². The lowest BCUT2D eigenvalue weighted by Crippen LogP contribution is -2.39. The summed E-state index contributed by atoms with van der Waals surface area (Å²) in [6.07, 6.45) is 0. The third-order valence-corrected chi connectivity index (χ3v) is 6.40. The van der Waals surface area contributed by atoms with Crippen LogP contribution in [0, 0.1) is 0 Å². The van der Waals surface area contributed by atoms with Gasteiger partial charge in [0.2, 0.25) is 5.91 Å². The Morgan fingerprint density at radius 3 is 2.52 bits per heavy atom. The fourth-order valence-electron chi connectivity index (χ4n) is 4.32. The number of hydrogen-bond donors (Lipinski definition) is 1. The summed E-state index contributed by atoms with van der Waals surface area (Å²) < 4.78 is 12.0. The lowest BCUT2D eigenvalue weighted by atomic mass is 9.84. The number of amides is 1. The monoisotopic (exact) mass is 478 g/mol. The normalized spacial score (nSPS) is 17.6. The number of hydrogen-bond acceptors (Lipinski definition) is 4. The number of nitrogens with zero attached hydrogens (tertiary/aromatic N) is 1. The van der Waals surface area contributed by atoms with Gasteiger partial charge in [0.05, 0.1) is 12.2 Å². The number of carbonyl (C=O) groups excluding carboxylic acids is 1. The third-order valence-electron chi connectivity index (χ3n) is 5.74. The highest BCUT2D eigenvalue weighted by atomic mass is 79.9. The molecule has 31 heavy (non-hydrogen) atoms. The Bertz CT molecular complexity index is 1100. The average Bonchev–Trinajstić information content (AvgIpc) is 2.79. The van der Waals surface area contributed by atoms with Crippen molar-refractivity contribution in [3.63, 3.8) is 0 Å². The standard InChI is InChI=1S/C25H23BrN2O3/c26-21-12-23-24(31-11-10-30-23)13-22(21)27-25(29)16-28-14-18-8-4-5-9-19(18)20(15-28)17-6-2-1-3-7-17/h1-9,12-13,20H,10-11,14-16H2,(H,27,29). The molecule has 0 fully saturated rings. The van der Waals surface area contributed by atoms with E-state index in [-0.39, 0.29) is 11.8 Å². The predicted molar refractivity (Wildman–Crippen MR) is 124 cm³/mol. The summed E-state index contributed by atoms with van der Waals surface area (Å²) >= 11 is 3.53. The number of fused-ring (bicyclic) bond motifs is 2. The van der Waals surface area contributed by atoms with Crippen LogP contribution in [-0.2, 0) is 11.3 Å². The molecule has 3 aromatic carbocycles. The summed E-state index contributed by atoms with van der Waals surface area (Å²) in [5.74, 6) is 1.54. The third kappa shape index (κ3) is 4.31. The maximum absolute atomic E-state index is 12.9. The van der Waals surface area contributed by atoms with E-state index in [1.165, 1.54) is 16.7 Å². The SMILES string of the molecule is O=C(CN1Cc2ccccc2C(c2ccccc2)C1)Nc1cc2c(cc1Br)OCCO2. The number of ether oxygens (including phenoxy) is 2. The molecule has 1 atom stereocenters. The zero-order valence-corrected chi connectivity index (χ0v) is 18.6. The van der Waals surface area contributed by atoms with E-state index < -0.39 is 0 Å². The number of nitrogens with one attached hydrogen (secondary N) is 1. The van der Waals surface area contributed by atoms with Gasteiger partial charge in [0.1, 0.15) is 13.2 Å². The maximum atomic E-state index is 12.9. The second-order valence-electron chi connectivity index (χ2n) is 7.86. The number of carbonyl (C=O) groups is 1.